The minimum Gasteiger partial charge on any atom is -0.329 e. The Balaban J connectivity index is 2.16. The lowest BCUT2D eigenvalue weighted by molar-refractivity contribution is 0.913. The number of nitrogens with one attached hydrogen (secondary N) is 1. The van der Waals surface area contributed by atoms with Gasteiger partial charge in [0.25, 0.3) is 0 Å². The van der Waals surface area contributed by atoms with Crippen molar-refractivity contribution in [3.8, 4) is 0 Å². The van der Waals surface area contributed by atoms with E-state index in [0.29, 0.717) is 6.54 Å². The number of hydrogen-bond acceptors (Lipinski definition) is 4. The van der Waals surface area contributed by atoms with Crippen LogP contribution >= 0.6 is 11.8 Å². The monoisotopic (exact) mass is 234 g/mol. The Morgan fingerprint density at radius 3 is 3.00 bits per heavy atom. The van der Waals surface area contributed by atoms with Gasteiger partial charge in [0.2, 0.25) is 0 Å². The third-order valence-corrected chi connectivity index (χ3v) is 3.44. The molecule has 0 amide bonds. The number of aromatic nitrogens is 3. The third kappa shape index (κ3) is 2.62. The van der Waals surface area contributed by atoms with Gasteiger partial charge in [-0.25, -0.2) is 4.98 Å². The third-order valence-electron chi connectivity index (χ3n) is 2.27. The Hall–Kier alpha value is -1.33. The molecule has 5 heteroatoms. The smallest absolute Gasteiger partial charge is 0.184 e. The molecule has 84 valence electrons. The van der Waals surface area contributed by atoms with Crippen molar-refractivity contribution < 1.29 is 0 Å². The van der Waals surface area contributed by atoms with Gasteiger partial charge in [0.15, 0.2) is 5.16 Å². The summed E-state index contributed by atoms with van der Waals surface area (Å²) in [6, 6.07) is 8.37. The van der Waals surface area contributed by atoms with Crippen LogP contribution in [-0.4, -0.2) is 21.7 Å². The molecule has 0 aliphatic heterocycles. The van der Waals surface area contributed by atoms with Gasteiger partial charge in [-0.2, -0.15) is 5.10 Å². The lowest BCUT2D eigenvalue weighted by Crippen LogP contribution is -2.09. The molecule has 0 aliphatic carbocycles. The van der Waals surface area contributed by atoms with E-state index in [9.17, 15) is 0 Å². The highest BCUT2D eigenvalue weighted by atomic mass is 32.2. The van der Waals surface area contributed by atoms with Crippen LogP contribution in [0.2, 0.25) is 0 Å². The van der Waals surface area contributed by atoms with Crippen LogP contribution in [0.15, 0.2) is 35.7 Å². The van der Waals surface area contributed by atoms with Crippen molar-refractivity contribution in [3.63, 3.8) is 0 Å². The van der Waals surface area contributed by atoms with Crippen LogP contribution in [0.5, 0.6) is 0 Å². The average molecular weight is 234 g/mol. The summed E-state index contributed by atoms with van der Waals surface area (Å²) < 4.78 is 0. The van der Waals surface area contributed by atoms with Crippen molar-refractivity contribution in [3.05, 3.63) is 41.7 Å². The maximum Gasteiger partial charge on any atom is 0.184 e. The Labute approximate surface area is 98.7 Å². The molecule has 0 aliphatic rings. The second kappa shape index (κ2) is 5.14. The molecular formula is C11H14N4S. The van der Waals surface area contributed by atoms with Gasteiger partial charge in [-0.3, -0.25) is 5.10 Å². The highest BCUT2D eigenvalue weighted by Crippen LogP contribution is 2.32. The predicted molar refractivity (Wildman–Crippen MR) is 65.2 cm³/mol. The first-order chi connectivity index (χ1) is 7.79. The first kappa shape index (κ1) is 11.2. The van der Waals surface area contributed by atoms with Gasteiger partial charge < -0.3 is 5.73 Å². The molecule has 16 heavy (non-hydrogen) atoms. The van der Waals surface area contributed by atoms with Gasteiger partial charge >= 0.3 is 0 Å². The molecule has 0 radical (unpaired) electrons. The van der Waals surface area contributed by atoms with Crippen molar-refractivity contribution in [2.45, 2.75) is 17.3 Å². The Bertz CT molecular complexity index is 441. The van der Waals surface area contributed by atoms with Gasteiger partial charge in [0.1, 0.15) is 6.33 Å². The maximum atomic E-state index is 5.79. The van der Waals surface area contributed by atoms with Crippen LogP contribution in [0.25, 0.3) is 0 Å². The zero-order valence-electron chi connectivity index (χ0n) is 9.05. The van der Waals surface area contributed by atoms with Crippen LogP contribution in [0, 0.1) is 6.92 Å². The number of nitrogens with zero attached hydrogens (tertiary/aromatic N) is 2. The van der Waals surface area contributed by atoms with Gasteiger partial charge in [0.05, 0.1) is 0 Å². The topological polar surface area (TPSA) is 67.6 Å². The van der Waals surface area contributed by atoms with E-state index in [-0.39, 0.29) is 5.25 Å². The quantitative estimate of drug-likeness (QED) is 0.793. The predicted octanol–water partition coefficient (Wildman–Crippen LogP) is 1.91. The molecule has 3 N–H and O–H groups in total. The summed E-state index contributed by atoms with van der Waals surface area (Å²) in [4.78, 5) is 4.09. The standard InChI is InChI=1S/C11H14N4S/c1-8-3-2-4-9(5-8)10(6-12)16-11-13-7-14-15-11/h2-5,7,10H,6,12H2,1H3,(H,13,14,15). The molecule has 0 saturated heterocycles. The number of rotatable bonds is 4. The Kier molecular flexibility index (Phi) is 3.58. The molecule has 1 heterocycles. The average Bonchev–Trinajstić information content (AvgIpc) is 2.78. The molecule has 2 rings (SSSR count). The highest BCUT2D eigenvalue weighted by Gasteiger charge is 2.12. The molecule has 2 aromatic rings. The molecule has 0 saturated carbocycles. The van der Waals surface area contributed by atoms with E-state index in [0.717, 1.165) is 5.16 Å². The first-order valence-electron chi connectivity index (χ1n) is 5.08. The van der Waals surface area contributed by atoms with Crippen LogP contribution in [0.3, 0.4) is 0 Å². The highest BCUT2D eigenvalue weighted by molar-refractivity contribution is 7.99. The van der Waals surface area contributed by atoms with E-state index in [1.165, 1.54) is 17.5 Å². The maximum absolute atomic E-state index is 5.79. The Morgan fingerprint density at radius 1 is 1.50 bits per heavy atom. The van der Waals surface area contributed by atoms with E-state index in [2.05, 4.69) is 40.3 Å². The summed E-state index contributed by atoms with van der Waals surface area (Å²) in [6.07, 6.45) is 1.51. The number of thioether (sulfide) groups is 1. The fraction of sp³-hybridized carbons (Fsp3) is 0.273. The number of hydrogen-bond donors (Lipinski definition) is 2. The van der Waals surface area contributed by atoms with Crippen molar-refractivity contribution >= 4 is 11.8 Å². The van der Waals surface area contributed by atoms with Crippen LogP contribution in [0.4, 0.5) is 0 Å². The van der Waals surface area contributed by atoms with E-state index in [1.54, 1.807) is 11.8 Å². The van der Waals surface area contributed by atoms with Crippen molar-refractivity contribution in [2.75, 3.05) is 6.54 Å². The lowest BCUT2D eigenvalue weighted by atomic mass is 10.1. The second-order valence-electron chi connectivity index (χ2n) is 3.55. The van der Waals surface area contributed by atoms with Gasteiger partial charge in [0, 0.05) is 11.8 Å². The fourth-order valence-corrected chi connectivity index (χ4v) is 2.37. The minimum atomic E-state index is 0.216. The van der Waals surface area contributed by atoms with Crippen molar-refractivity contribution in [2.24, 2.45) is 5.73 Å². The zero-order valence-corrected chi connectivity index (χ0v) is 9.87. The number of aromatic amines is 1. The molecule has 1 unspecified atom stereocenters. The van der Waals surface area contributed by atoms with Crippen LogP contribution in [0.1, 0.15) is 16.4 Å². The molecule has 0 bridgehead atoms. The summed E-state index contributed by atoms with van der Waals surface area (Å²) in [5, 5.41) is 7.67. The lowest BCUT2D eigenvalue weighted by Gasteiger charge is -2.13. The van der Waals surface area contributed by atoms with Crippen LogP contribution in [-0.2, 0) is 0 Å². The number of benzene rings is 1. The number of H-pyrrole nitrogens is 1. The van der Waals surface area contributed by atoms with E-state index in [1.807, 2.05) is 6.07 Å². The van der Waals surface area contributed by atoms with Gasteiger partial charge in [-0.05, 0) is 12.5 Å². The number of nitrogens with two attached hydrogens (primary N) is 1. The van der Waals surface area contributed by atoms with Crippen molar-refractivity contribution in [1.82, 2.24) is 15.2 Å². The SMILES string of the molecule is Cc1cccc(C(CN)Sc2ncn[nH]2)c1. The number of aryl methyl sites for hydroxylation is 1. The molecule has 1 aromatic heterocycles. The summed E-state index contributed by atoms with van der Waals surface area (Å²) in [6.45, 7) is 2.66. The molecule has 1 aromatic carbocycles. The molecule has 0 spiro atoms. The molecule has 0 fully saturated rings. The first-order valence-corrected chi connectivity index (χ1v) is 5.96. The van der Waals surface area contributed by atoms with Gasteiger partial charge in [-0.1, -0.05) is 41.6 Å². The molecule has 4 nitrogen and oxygen atoms in total. The largest absolute Gasteiger partial charge is 0.329 e. The normalized spacial score (nSPS) is 12.6. The van der Waals surface area contributed by atoms with E-state index >= 15 is 0 Å². The molecular weight excluding hydrogens is 220 g/mol. The van der Waals surface area contributed by atoms with Gasteiger partial charge in [-0.15, -0.1) is 0 Å². The van der Waals surface area contributed by atoms with E-state index < -0.39 is 0 Å². The summed E-state index contributed by atoms with van der Waals surface area (Å²) >= 11 is 1.60. The van der Waals surface area contributed by atoms with Crippen LogP contribution < -0.4 is 5.73 Å². The zero-order chi connectivity index (χ0) is 11.4. The minimum absolute atomic E-state index is 0.216. The summed E-state index contributed by atoms with van der Waals surface area (Å²) in [5.74, 6) is 0. The summed E-state index contributed by atoms with van der Waals surface area (Å²) in [5.41, 5.74) is 8.26. The fourth-order valence-electron chi connectivity index (χ4n) is 1.51. The molecule has 1 atom stereocenters. The Morgan fingerprint density at radius 2 is 2.38 bits per heavy atom. The summed E-state index contributed by atoms with van der Waals surface area (Å²) in [7, 11) is 0. The van der Waals surface area contributed by atoms with Crippen molar-refractivity contribution in [1.29, 1.82) is 0 Å². The second-order valence-corrected chi connectivity index (χ2v) is 4.74. The van der Waals surface area contributed by atoms with E-state index in [4.69, 9.17) is 5.73 Å².